The van der Waals surface area contributed by atoms with Crippen LogP contribution in [0, 0.1) is 6.92 Å². The number of nitrogens with two attached hydrogens (primary N) is 1. The van der Waals surface area contributed by atoms with Crippen molar-refractivity contribution >= 4 is 11.7 Å². The number of nitrogen functional groups attached to an aromatic ring is 1. The number of aromatic amines is 1. The van der Waals surface area contributed by atoms with Crippen molar-refractivity contribution in [2.24, 2.45) is 0 Å². The minimum absolute atomic E-state index is 0.0207. The average Bonchev–Trinajstić information content (AvgIpc) is 2.57. The molecule has 0 spiro atoms. The smallest absolute Gasteiger partial charge is 0.261 e. The average molecular weight is 248 g/mol. The first-order valence-electron chi connectivity index (χ1n) is 4.97. The Kier molecular flexibility index (Phi) is 4.83. The molecule has 0 aliphatic heterocycles. The summed E-state index contributed by atoms with van der Waals surface area (Å²) < 4.78 is 28.0. The summed E-state index contributed by atoms with van der Waals surface area (Å²) in [6, 6.07) is 0. The van der Waals surface area contributed by atoms with Gasteiger partial charge in [0.2, 0.25) is 0 Å². The van der Waals surface area contributed by atoms with Crippen LogP contribution in [0.5, 0.6) is 0 Å². The van der Waals surface area contributed by atoms with Gasteiger partial charge in [0.25, 0.3) is 12.3 Å². The van der Waals surface area contributed by atoms with Gasteiger partial charge in [0.05, 0.1) is 6.61 Å². The largest absolute Gasteiger partial charge is 0.382 e. The Morgan fingerprint density at radius 3 is 2.88 bits per heavy atom. The fraction of sp³-hybridized carbons (Fsp3) is 0.556. The third-order valence-electron chi connectivity index (χ3n) is 1.98. The minimum Gasteiger partial charge on any atom is -0.382 e. The third-order valence-corrected chi connectivity index (χ3v) is 1.98. The van der Waals surface area contributed by atoms with E-state index in [0.29, 0.717) is 5.69 Å². The molecule has 1 heterocycles. The number of nitrogens with zero attached hydrogens (tertiary/aromatic N) is 1. The van der Waals surface area contributed by atoms with Crippen LogP contribution in [0.3, 0.4) is 0 Å². The van der Waals surface area contributed by atoms with Crippen molar-refractivity contribution < 1.29 is 18.3 Å². The molecule has 0 aliphatic rings. The molecule has 6 nitrogen and oxygen atoms in total. The molecular weight excluding hydrogens is 234 g/mol. The summed E-state index contributed by atoms with van der Waals surface area (Å²) in [7, 11) is 0. The van der Waals surface area contributed by atoms with Crippen molar-refractivity contribution in [3.63, 3.8) is 0 Å². The maximum atomic E-state index is 11.7. The lowest BCUT2D eigenvalue weighted by Crippen LogP contribution is -2.28. The van der Waals surface area contributed by atoms with Crippen LogP contribution in [0.15, 0.2) is 0 Å². The summed E-state index contributed by atoms with van der Waals surface area (Å²) in [5, 5.41) is 8.73. The Balaban J connectivity index is 2.31. The lowest BCUT2D eigenvalue weighted by molar-refractivity contribution is 0.0188. The highest BCUT2D eigenvalue weighted by Gasteiger charge is 2.15. The summed E-state index contributed by atoms with van der Waals surface area (Å²) in [5.74, 6) is -0.303. The summed E-state index contributed by atoms with van der Waals surface area (Å²) >= 11 is 0. The van der Waals surface area contributed by atoms with Gasteiger partial charge in [0.15, 0.2) is 5.82 Å². The van der Waals surface area contributed by atoms with Gasteiger partial charge in [-0.25, -0.2) is 8.78 Å². The van der Waals surface area contributed by atoms with Crippen LogP contribution >= 0.6 is 0 Å². The van der Waals surface area contributed by atoms with Crippen LogP contribution in [-0.4, -0.2) is 42.3 Å². The zero-order chi connectivity index (χ0) is 12.8. The van der Waals surface area contributed by atoms with E-state index < -0.39 is 18.9 Å². The zero-order valence-corrected chi connectivity index (χ0v) is 9.30. The molecule has 8 heteroatoms. The van der Waals surface area contributed by atoms with E-state index in [2.05, 4.69) is 20.3 Å². The van der Waals surface area contributed by atoms with Crippen LogP contribution in [0.2, 0.25) is 0 Å². The third kappa shape index (κ3) is 3.99. The Labute approximate surface area is 96.5 Å². The first-order chi connectivity index (χ1) is 8.02. The Bertz CT molecular complexity index is 362. The molecule has 4 N–H and O–H groups in total. The maximum Gasteiger partial charge on any atom is 0.261 e. The van der Waals surface area contributed by atoms with Gasteiger partial charge >= 0.3 is 0 Å². The van der Waals surface area contributed by atoms with Crippen LogP contribution in [0.4, 0.5) is 14.6 Å². The van der Waals surface area contributed by atoms with Crippen LogP contribution in [-0.2, 0) is 4.74 Å². The number of carbonyl (C=O) groups excluding carboxylic acids is 1. The minimum atomic E-state index is -2.50. The van der Waals surface area contributed by atoms with Crippen molar-refractivity contribution in [2.45, 2.75) is 13.3 Å². The fourth-order valence-electron chi connectivity index (χ4n) is 1.23. The highest BCUT2D eigenvalue weighted by Crippen LogP contribution is 2.11. The highest BCUT2D eigenvalue weighted by molar-refractivity contribution is 5.99. The molecule has 0 saturated heterocycles. The number of nitrogens with one attached hydrogen (secondary N) is 2. The highest BCUT2D eigenvalue weighted by atomic mass is 19.3. The first kappa shape index (κ1) is 13.4. The number of ether oxygens (including phenoxy) is 1. The molecule has 0 saturated carbocycles. The quantitative estimate of drug-likeness (QED) is 0.632. The summed E-state index contributed by atoms with van der Waals surface area (Å²) in [4.78, 5) is 11.6. The van der Waals surface area contributed by atoms with Gasteiger partial charge in [0.1, 0.15) is 12.2 Å². The van der Waals surface area contributed by atoms with E-state index in [4.69, 9.17) is 5.73 Å². The van der Waals surface area contributed by atoms with Gasteiger partial charge < -0.3 is 15.8 Å². The molecule has 0 aliphatic carbocycles. The van der Waals surface area contributed by atoms with Gasteiger partial charge in [-0.2, -0.15) is 5.10 Å². The molecule has 0 unspecified atom stereocenters. The van der Waals surface area contributed by atoms with E-state index in [1.807, 2.05) is 0 Å². The monoisotopic (exact) mass is 248 g/mol. The van der Waals surface area contributed by atoms with Crippen molar-refractivity contribution in [1.29, 1.82) is 0 Å². The van der Waals surface area contributed by atoms with Gasteiger partial charge in [-0.3, -0.25) is 9.89 Å². The Hall–Kier alpha value is -1.70. The normalized spacial score (nSPS) is 10.8. The van der Waals surface area contributed by atoms with E-state index in [-0.39, 0.29) is 24.5 Å². The molecule has 0 fully saturated rings. The molecule has 1 rings (SSSR count). The number of amides is 1. The fourth-order valence-corrected chi connectivity index (χ4v) is 1.23. The van der Waals surface area contributed by atoms with E-state index >= 15 is 0 Å². The van der Waals surface area contributed by atoms with Gasteiger partial charge in [-0.15, -0.1) is 0 Å². The van der Waals surface area contributed by atoms with Gasteiger partial charge in [-0.1, -0.05) is 0 Å². The SMILES string of the molecule is Cc1[nH]nc(N)c1C(=O)NCCOCC(F)F. The summed E-state index contributed by atoms with van der Waals surface area (Å²) in [6.45, 7) is 1.18. The van der Waals surface area contributed by atoms with Crippen molar-refractivity contribution in [3.8, 4) is 0 Å². The number of anilines is 1. The second kappa shape index (κ2) is 6.14. The molecule has 0 atom stereocenters. The number of rotatable bonds is 6. The lowest BCUT2D eigenvalue weighted by Gasteiger charge is -2.06. The number of H-pyrrole nitrogens is 1. The van der Waals surface area contributed by atoms with Gasteiger partial charge in [-0.05, 0) is 6.92 Å². The Morgan fingerprint density at radius 2 is 2.35 bits per heavy atom. The molecule has 1 amide bonds. The molecule has 0 radical (unpaired) electrons. The molecule has 0 aromatic carbocycles. The summed E-state index contributed by atoms with van der Waals surface area (Å²) in [6.07, 6.45) is -2.50. The van der Waals surface area contributed by atoms with E-state index in [9.17, 15) is 13.6 Å². The van der Waals surface area contributed by atoms with Crippen molar-refractivity contribution in [3.05, 3.63) is 11.3 Å². The number of hydrogen-bond donors (Lipinski definition) is 3. The van der Waals surface area contributed by atoms with Crippen molar-refractivity contribution in [2.75, 3.05) is 25.5 Å². The molecular formula is C9H14F2N4O2. The predicted octanol–water partition coefficient (Wildman–Crippen LogP) is 0.312. The number of aryl methyl sites for hydroxylation is 1. The maximum absolute atomic E-state index is 11.7. The first-order valence-corrected chi connectivity index (χ1v) is 4.97. The summed E-state index contributed by atoms with van der Waals surface area (Å²) in [5.41, 5.74) is 6.29. The molecule has 1 aromatic heterocycles. The van der Waals surface area contributed by atoms with E-state index in [1.54, 1.807) is 6.92 Å². The molecule has 1 aromatic rings. The Morgan fingerprint density at radius 1 is 1.65 bits per heavy atom. The van der Waals surface area contributed by atoms with E-state index in [0.717, 1.165) is 0 Å². The predicted molar refractivity (Wildman–Crippen MR) is 56.9 cm³/mol. The van der Waals surface area contributed by atoms with Gasteiger partial charge in [0, 0.05) is 12.2 Å². The number of halogens is 2. The second-order valence-corrected chi connectivity index (χ2v) is 3.33. The number of hydrogen-bond acceptors (Lipinski definition) is 4. The zero-order valence-electron chi connectivity index (χ0n) is 9.30. The number of carbonyl (C=O) groups is 1. The number of alkyl halides is 2. The van der Waals surface area contributed by atoms with Crippen LogP contribution in [0.25, 0.3) is 0 Å². The number of aromatic nitrogens is 2. The van der Waals surface area contributed by atoms with Crippen LogP contribution in [0.1, 0.15) is 16.1 Å². The molecule has 0 bridgehead atoms. The van der Waals surface area contributed by atoms with E-state index in [1.165, 1.54) is 0 Å². The standard InChI is InChI=1S/C9H14F2N4O2/c1-5-7(8(12)15-14-5)9(16)13-2-3-17-4-6(10)11/h6H,2-4H2,1H3,(H,13,16)(H3,12,14,15). The molecule has 17 heavy (non-hydrogen) atoms. The topological polar surface area (TPSA) is 93.0 Å². The molecule has 96 valence electrons. The van der Waals surface area contributed by atoms with Crippen LogP contribution < -0.4 is 11.1 Å². The lowest BCUT2D eigenvalue weighted by atomic mass is 10.2. The second-order valence-electron chi connectivity index (χ2n) is 3.33. The van der Waals surface area contributed by atoms with Crippen molar-refractivity contribution in [1.82, 2.24) is 15.5 Å².